The van der Waals surface area contributed by atoms with Crippen molar-refractivity contribution in [3.05, 3.63) is 53.9 Å². The molecule has 3 nitrogen and oxygen atoms in total. The van der Waals surface area contributed by atoms with Crippen LogP contribution in [0.1, 0.15) is 50.5 Å². The minimum Gasteiger partial charge on any atom is -0.456 e. The zero-order valence-corrected chi connectivity index (χ0v) is 12.2. The third-order valence-corrected chi connectivity index (χ3v) is 3.48. The maximum absolute atomic E-state index is 9.41. The Kier molecular flexibility index (Phi) is 4.74. The molecule has 0 saturated heterocycles. The van der Waals surface area contributed by atoms with Crippen LogP contribution in [0, 0.1) is 0 Å². The number of ether oxygens (including phenoxy) is 1. The van der Waals surface area contributed by atoms with Gasteiger partial charge in [-0.05, 0) is 49.1 Å². The van der Waals surface area contributed by atoms with E-state index in [-0.39, 0.29) is 0 Å². The van der Waals surface area contributed by atoms with E-state index in [0.717, 1.165) is 12.2 Å². The van der Waals surface area contributed by atoms with Gasteiger partial charge in [-0.15, -0.1) is 0 Å². The van der Waals surface area contributed by atoms with Gasteiger partial charge in [0.15, 0.2) is 0 Å². The Morgan fingerprint density at radius 2 is 1.70 bits per heavy atom. The van der Waals surface area contributed by atoms with Gasteiger partial charge in [0.1, 0.15) is 11.5 Å². The van der Waals surface area contributed by atoms with E-state index in [1.807, 2.05) is 18.2 Å². The predicted molar refractivity (Wildman–Crippen MR) is 80.1 cm³/mol. The maximum atomic E-state index is 9.41. The van der Waals surface area contributed by atoms with E-state index in [1.165, 1.54) is 5.56 Å². The highest BCUT2D eigenvalue weighted by molar-refractivity contribution is 5.33. The van der Waals surface area contributed by atoms with Crippen LogP contribution in [0.4, 0.5) is 0 Å². The highest BCUT2D eigenvalue weighted by Gasteiger charge is 2.05. The van der Waals surface area contributed by atoms with Gasteiger partial charge in [-0.1, -0.05) is 26.0 Å². The van der Waals surface area contributed by atoms with Gasteiger partial charge >= 0.3 is 0 Å². The molecular weight excluding hydrogens is 250 g/mol. The molecule has 2 rings (SSSR count). The molecule has 2 aromatic rings. The number of hydrogen-bond donors (Lipinski definition) is 1. The first-order valence-electron chi connectivity index (χ1n) is 7.02. The van der Waals surface area contributed by atoms with E-state index in [2.05, 4.69) is 31.0 Å². The number of hydrogen-bond acceptors (Lipinski definition) is 3. The lowest BCUT2D eigenvalue weighted by molar-refractivity contribution is 0.194. The molecule has 0 fully saturated rings. The summed E-state index contributed by atoms with van der Waals surface area (Å²) in [6, 6.07) is 11.7. The molecule has 1 N–H and O–H groups in total. The van der Waals surface area contributed by atoms with Gasteiger partial charge in [-0.3, -0.25) is 4.98 Å². The fraction of sp³-hybridized carbons (Fsp3) is 0.353. The smallest absolute Gasteiger partial charge is 0.145 e. The average Bonchev–Trinajstić information content (AvgIpc) is 2.48. The normalized spacial score (nSPS) is 13.8. The van der Waals surface area contributed by atoms with Crippen molar-refractivity contribution in [1.82, 2.24) is 4.98 Å². The Balaban J connectivity index is 2.06. The molecule has 0 aliphatic carbocycles. The molecule has 0 bridgehead atoms. The van der Waals surface area contributed by atoms with Crippen molar-refractivity contribution in [3.8, 4) is 11.5 Å². The van der Waals surface area contributed by atoms with Gasteiger partial charge in [-0.2, -0.15) is 0 Å². The first-order chi connectivity index (χ1) is 9.60. The van der Waals surface area contributed by atoms with Crippen molar-refractivity contribution in [1.29, 1.82) is 0 Å². The van der Waals surface area contributed by atoms with E-state index >= 15 is 0 Å². The molecule has 0 amide bonds. The molecule has 106 valence electrons. The molecular formula is C17H21NO2. The summed E-state index contributed by atoms with van der Waals surface area (Å²) in [5, 5.41) is 9.41. The van der Waals surface area contributed by atoms with Crippen molar-refractivity contribution in [2.75, 3.05) is 0 Å². The largest absolute Gasteiger partial charge is 0.456 e. The molecule has 2 atom stereocenters. The van der Waals surface area contributed by atoms with Crippen LogP contribution in [0.25, 0.3) is 0 Å². The highest BCUT2D eigenvalue weighted by atomic mass is 16.5. The van der Waals surface area contributed by atoms with Crippen molar-refractivity contribution in [2.45, 2.75) is 39.2 Å². The number of aliphatic hydroxyl groups is 1. The fourth-order valence-electron chi connectivity index (χ4n) is 1.94. The standard InChI is InChI=1S/C17H21NO2/c1-4-12(2)14-5-7-15(8-6-14)20-16-9-10-17(13(3)19)18-11-16/h5-13,19H,4H2,1-3H3/t12?,13-/m1/s1. The van der Waals surface area contributed by atoms with Crippen molar-refractivity contribution in [2.24, 2.45) is 0 Å². The van der Waals surface area contributed by atoms with Crippen LogP contribution in [0.3, 0.4) is 0 Å². The summed E-state index contributed by atoms with van der Waals surface area (Å²) in [4.78, 5) is 4.16. The van der Waals surface area contributed by atoms with E-state index in [9.17, 15) is 5.11 Å². The second kappa shape index (κ2) is 6.53. The summed E-state index contributed by atoms with van der Waals surface area (Å²) in [6.45, 7) is 6.09. The number of rotatable bonds is 5. The van der Waals surface area contributed by atoms with Crippen LogP contribution in [0.15, 0.2) is 42.6 Å². The Labute approximate surface area is 120 Å². The number of aliphatic hydroxyl groups excluding tert-OH is 1. The summed E-state index contributed by atoms with van der Waals surface area (Å²) >= 11 is 0. The Bertz CT molecular complexity index is 532. The minimum atomic E-state index is -0.557. The average molecular weight is 271 g/mol. The predicted octanol–water partition coefficient (Wildman–Crippen LogP) is 4.44. The van der Waals surface area contributed by atoms with E-state index in [1.54, 1.807) is 19.2 Å². The first kappa shape index (κ1) is 14.5. The molecule has 0 saturated carbocycles. The van der Waals surface area contributed by atoms with Crippen LogP contribution in [0.2, 0.25) is 0 Å². The van der Waals surface area contributed by atoms with Crippen molar-refractivity contribution in [3.63, 3.8) is 0 Å². The molecule has 20 heavy (non-hydrogen) atoms. The van der Waals surface area contributed by atoms with Crippen molar-refractivity contribution >= 4 is 0 Å². The minimum absolute atomic E-state index is 0.557. The second-order valence-corrected chi connectivity index (χ2v) is 5.08. The third-order valence-electron chi connectivity index (χ3n) is 3.48. The fourth-order valence-corrected chi connectivity index (χ4v) is 1.94. The van der Waals surface area contributed by atoms with E-state index < -0.39 is 6.10 Å². The lowest BCUT2D eigenvalue weighted by atomic mass is 9.99. The topological polar surface area (TPSA) is 42.4 Å². The van der Waals surface area contributed by atoms with Gasteiger partial charge < -0.3 is 9.84 Å². The second-order valence-electron chi connectivity index (χ2n) is 5.08. The van der Waals surface area contributed by atoms with E-state index in [0.29, 0.717) is 17.4 Å². The van der Waals surface area contributed by atoms with Crippen LogP contribution in [0.5, 0.6) is 11.5 Å². The maximum Gasteiger partial charge on any atom is 0.145 e. The quantitative estimate of drug-likeness (QED) is 0.874. The van der Waals surface area contributed by atoms with Crippen LogP contribution < -0.4 is 4.74 Å². The Morgan fingerprint density at radius 1 is 1.05 bits per heavy atom. The summed E-state index contributed by atoms with van der Waals surface area (Å²) in [5.41, 5.74) is 1.96. The summed E-state index contributed by atoms with van der Waals surface area (Å²) in [6.07, 6.45) is 2.20. The first-order valence-corrected chi connectivity index (χ1v) is 7.02. The highest BCUT2D eigenvalue weighted by Crippen LogP contribution is 2.25. The van der Waals surface area contributed by atoms with E-state index in [4.69, 9.17) is 4.74 Å². The summed E-state index contributed by atoms with van der Waals surface area (Å²) < 4.78 is 5.74. The molecule has 1 heterocycles. The SMILES string of the molecule is CCC(C)c1ccc(Oc2ccc([C@@H](C)O)nc2)cc1. The number of pyridine rings is 1. The van der Waals surface area contributed by atoms with Gasteiger partial charge in [0.25, 0.3) is 0 Å². The molecule has 1 unspecified atom stereocenters. The summed E-state index contributed by atoms with van der Waals surface area (Å²) in [7, 11) is 0. The molecule has 0 radical (unpaired) electrons. The number of benzene rings is 1. The van der Waals surface area contributed by atoms with Crippen LogP contribution >= 0.6 is 0 Å². The number of nitrogens with zero attached hydrogens (tertiary/aromatic N) is 1. The van der Waals surface area contributed by atoms with Gasteiger partial charge in [-0.25, -0.2) is 0 Å². The lowest BCUT2D eigenvalue weighted by Gasteiger charge is -2.11. The monoisotopic (exact) mass is 271 g/mol. The summed E-state index contributed by atoms with van der Waals surface area (Å²) in [5.74, 6) is 2.03. The molecule has 1 aromatic carbocycles. The molecule has 3 heteroatoms. The van der Waals surface area contributed by atoms with Gasteiger partial charge in [0.2, 0.25) is 0 Å². The third kappa shape index (κ3) is 3.58. The lowest BCUT2D eigenvalue weighted by Crippen LogP contribution is -1.95. The van der Waals surface area contributed by atoms with Crippen LogP contribution in [-0.4, -0.2) is 10.1 Å². The van der Waals surface area contributed by atoms with Crippen molar-refractivity contribution < 1.29 is 9.84 Å². The zero-order chi connectivity index (χ0) is 14.5. The molecule has 0 aliphatic rings. The van der Waals surface area contributed by atoms with Gasteiger partial charge in [0.05, 0.1) is 18.0 Å². The molecule has 0 spiro atoms. The van der Waals surface area contributed by atoms with Crippen LogP contribution in [-0.2, 0) is 0 Å². The Morgan fingerprint density at radius 3 is 2.20 bits per heavy atom. The zero-order valence-electron chi connectivity index (χ0n) is 12.2. The van der Waals surface area contributed by atoms with Gasteiger partial charge in [0, 0.05) is 0 Å². The molecule has 1 aromatic heterocycles. The number of aromatic nitrogens is 1. The Hall–Kier alpha value is -1.87. The molecule has 0 aliphatic heterocycles.